The van der Waals surface area contributed by atoms with Gasteiger partial charge in [0.05, 0.1) is 30.2 Å². The second-order valence-corrected chi connectivity index (χ2v) is 7.34. The van der Waals surface area contributed by atoms with Crippen molar-refractivity contribution in [1.82, 2.24) is 24.1 Å². The molecule has 0 aliphatic carbocycles. The normalized spacial score (nSPS) is 12.0. The van der Waals surface area contributed by atoms with E-state index >= 15 is 0 Å². The molecular weight excluding hydrogens is 354 g/mol. The smallest absolute Gasteiger partial charge is 0.265 e. The summed E-state index contributed by atoms with van der Waals surface area (Å²) in [7, 11) is 0. The predicted octanol–water partition coefficient (Wildman–Crippen LogP) is 3.59. The van der Waals surface area contributed by atoms with E-state index in [0.29, 0.717) is 41.2 Å². The summed E-state index contributed by atoms with van der Waals surface area (Å²) >= 11 is 0. The number of benzene rings is 1. The molecule has 28 heavy (non-hydrogen) atoms. The second kappa shape index (κ2) is 6.30. The Morgan fingerprint density at radius 2 is 1.82 bits per heavy atom. The Balaban J connectivity index is 1.88. The van der Waals surface area contributed by atoms with Crippen molar-refractivity contribution in [3.05, 3.63) is 65.1 Å². The van der Waals surface area contributed by atoms with Crippen LogP contribution in [0.1, 0.15) is 19.6 Å². The highest BCUT2D eigenvalue weighted by Gasteiger charge is 2.20. The van der Waals surface area contributed by atoms with Crippen molar-refractivity contribution in [2.45, 2.75) is 26.9 Å². The number of fused-ring (bicyclic) bond motifs is 4. The van der Waals surface area contributed by atoms with Crippen LogP contribution >= 0.6 is 0 Å². The minimum atomic E-state index is -0.0912. The molecule has 0 bridgehead atoms. The van der Waals surface area contributed by atoms with Gasteiger partial charge < -0.3 is 8.98 Å². The molecular formula is C21H19N5O2. The molecule has 0 N–H and O–H groups in total. The van der Waals surface area contributed by atoms with Crippen LogP contribution in [0.15, 0.2) is 58.2 Å². The lowest BCUT2D eigenvalue weighted by Crippen LogP contribution is -2.23. The first-order chi connectivity index (χ1) is 13.6. The summed E-state index contributed by atoms with van der Waals surface area (Å²) in [4.78, 5) is 27.4. The van der Waals surface area contributed by atoms with Gasteiger partial charge >= 0.3 is 0 Å². The number of rotatable bonds is 4. The van der Waals surface area contributed by atoms with Gasteiger partial charge in [-0.05, 0) is 30.2 Å². The number of hydrogen-bond donors (Lipinski definition) is 0. The molecule has 4 heterocycles. The number of aromatic nitrogens is 5. The highest BCUT2D eigenvalue weighted by atomic mass is 16.3. The molecule has 7 heteroatoms. The zero-order chi connectivity index (χ0) is 19.3. The summed E-state index contributed by atoms with van der Waals surface area (Å²) in [6.45, 7) is 5.18. The molecule has 0 saturated heterocycles. The maximum atomic E-state index is 13.2. The van der Waals surface area contributed by atoms with E-state index in [1.807, 2.05) is 41.0 Å². The van der Waals surface area contributed by atoms with Gasteiger partial charge in [-0.3, -0.25) is 9.36 Å². The molecule has 0 amide bonds. The van der Waals surface area contributed by atoms with E-state index in [9.17, 15) is 4.79 Å². The lowest BCUT2D eigenvalue weighted by Gasteiger charge is -2.08. The first-order valence-corrected chi connectivity index (χ1v) is 9.28. The van der Waals surface area contributed by atoms with Gasteiger partial charge in [-0.25, -0.2) is 15.0 Å². The maximum absolute atomic E-state index is 13.2. The van der Waals surface area contributed by atoms with Gasteiger partial charge in [-0.1, -0.05) is 26.0 Å². The van der Waals surface area contributed by atoms with E-state index in [1.54, 1.807) is 17.2 Å². The van der Waals surface area contributed by atoms with Crippen molar-refractivity contribution in [1.29, 1.82) is 0 Å². The topological polar surface area (TPSA) is 78.7 Å². The van der Waals surface area contributed by atoms with Crippen LogP contribution in [0.25, 0.3) is 33.2 Å². The van der Waals surface area contributed by atoms with Crippen LogP contribution in [0.5, 0.6) is 0 Å². The SMILES string of the molecule is CC(C)Cn1cnc2c(c1=O)c1nc3ccccc3nc1n2Cc1ccco1. The zero-order valence-electron chi connectivity index (χ0n) is 15.7. The quantitative estimate of drug-likeness (QED) is 0.481. The minimum absolute atomic E-state index is 0.0912. The van der Waals surface area contributed by atoms with Gasteiger partial charge in [-0.15, -0.1) is 0 Å². The molecule has 0 aliphatic heterocycles. The van der Waals surface area contributed by atoms with Gasteiger partial charge in [0.1, 0.15) is 16.7 Å². The second-order valence-electron chi connectivity index (χ2n) is 7.34. The Morgan fingerprint density at radius 1 is 1.04 bits per heavy atom. The van der Waals surface area contributed by atoms with E-state index in [1.165, 1.54) is 0 Å². The molecule has 0 fully saturated rings. The predicted molar refractivity (Wildman–Crippen MR) is 107 cm³/mol. The molecule has 140 valence electrons. The van der Waals surface area contributed by atoms with Crippen LogP contribution in [-0.2, 0) is 13.1 Å². The van der Waals surface area contributed by atoms with Crippen LogP contribution in [0, 0.1) is 5.92 Å². The van der Waals surface area contributed by atoms with E-state index in [4.69, 9.17) is 14.4 Å². The Kier molecular flexibility index (Phi) is 3.75. The van der Waals surface area contributed by atoms with Crippen LogP contribution in [-0.4, -0.2) is 24.1 Å². The average molecular weight is 373 g/mol. The van der Waals surface area contributed by atoms with Gasteiger partial charge in [0.2, 0.25) is 0 Å². The van der Waals surface area contributed by atoms with Crippen molar-refractivity contribution in [3.63, 3.8) is 0 Å². The molecule has 0 atom stereocenters. The molecule has 1 aromatic carbocycles. The number of hydrogen-bond acceptors (Lipinski definition) is 5. The first kappa shape index (κ1) is 16.7. The lowest BCUT2D eigenvalue weighted by molar-refractivity contribution is 0.497. The van der Waals surface area contributed by atoms with Crippen LogP contribution in [0.4, 0.5) is 0 Å². The van der Waals surface area contributed by atoms with Crippen molar-refractivity contribution in [2.24, 2.45) is 5.92 Å². The largest absolute Gasteiger partial charge is 0.467 e. The lowest BCUT2D eigenvalue weighted by atomic mass is 10.2. The molecule has 0 spiro atoms. The highest BCUT2D eigenvalue weighted by molar-refractivity contribution is 6.04. The number of nitrogens with zero attached hydrogens (tertiary/aromatic N) is 5. The molecule has 0 saturated carbocycles. The molecule has 0 unspecified atom stereocenters. The Morgan fingerprint density at radius 3 is 2.54 bits per heavy atom. The Bertz CT molecular complexity index is 1360. The summed E-state index contributed by atoms with van der Waals surface area (Å²) in [5.41, 5.74) is 3.23. The third kappa shape index (κ3) is 2.58. The van der Waals surface area contributed by atoms with Crippen molar-refractivity contribution < 1.29 is 4.42 Å². The summed E-state index contributed by atoms with van der Waals surface area (Å²) in [5.74, 6) is 1.10. The monoisotopic (exact) mass is 373 g/mol. The molecule has 5 rings (SSSR count). The van der Waals surface area contributed by atoms with E-state index in [0.717, 1.165) is 16.8 Å². The van der Waals surface area contributed by atoms with Crippen LogP contribution < -0.4 is 5.56 Å². The summed E-state index contributed by atoms with van der Waals surface area (Å²) in [6, 6.07) is 11.4. The molecule has 4 aromatic heterocycles. The summed E-state index contributed by atoms with van der Waals surface area (Å²) in [5, 5.41) is 0.503. The maximum Gasteiger partial charge on any atom is 0.265 e. The average Bonchev–Trinajstić information content (AvgIpc) is 3.29. The van der Waals surface area contributed by atoms with E-state index < -0.39 is 0 Å². The van der Waals surface area contributed by atoms with Crippen LogP contribution in [0.2, 0.25) is 0 Å². The minimum Gasteiger partial charge on any atom is -0.467 e. The van der Waals surface area contributed by atoms with Gasteiger partial charge in [-0.2, -0.15) is 0 Å². The number of furan rings is 1. The molecule has 0 radical (unpaired) electrons. The summed E-state index contributed by atoms with van der Waals surface area (Å²) in [6.07, 6.45) is 3.25. The standard InChI is InChI=1S/C21H19N5O2/c1-13(2)10-25-12-22-19-17(21(25)27)18-20(26(19)11-14-6-5-9-28-14)24-16-8-4-3-7-15(16)23-18/h3-9,12-13H,10-11H2,1-2H3. The highest BCUT2D eigenvalue weighted by Crippen LogP contribution is 2.26. The fourth-order valence-electron chi connectivity index (χ4n) is 3.57. The Hall–Kier alpha value is -3.48. The molecule has 7 nitrogen and oxygen atoms in total. The van der Waals surface area contributed by atoms with Gasteiger partial charge in [0.25, 0.3) is 5.56 Å². The number of para-hydroxylation sites is 2. The molecule has 0 aliphatic rings. The zero-order valence-corrected chi connectivity index (χ0v) is 15.7. The van der Waals surface area contributed by atoms with E-state index in [2.05, 4.69) is 18.8 Å². The van der Waals surface area contributed by atoms with Gasteiger partial charge in [0.15, 0.2) is 11.3 Å². The van der Waals surface area contributed by atoms with Crippen molar-refractivity contribution >= 4 is 33.2 Å². The fourth-order valence-corrected chi connectivity index (χ4v) is 3.57. The van der Waals surface area contributed by atoms with E-state index in [-0.39, 0.29) is 5.56 Å². The summed E-state index contributed by atoms with van der Waals surface area (Å²) < 4.78 is 9.08. The third-order valence-electron chi connectivity index (χ3n) is 4.77. The van der Waals surface area contributed by atoms with Crippen molar-refractivity contribution in [2.75, 3.05) is 0 Å². The Labute approximate surface area is 160 Å². The fraction of sp³-hybridized carbons (Fsp3) is 0.238. The third-order valence-corrected chi connectivity index (χ3v) is 4.77. The molecule has 5 aromatic rings. The first-order valence-electron chi connectivity index (χ1n) is 9.28. The van der Waals surface area contributed by atoms with Crippen molar-refractivity contribution in [3.8, 4) is 0 Å². The van der Waals surface area contributed by atoms with Crippen LogP contribution in [0.3, 0.4) is 0 Å². The van der Waals surface area contributed by atoms with Gasteiger partial charge in [0, 0.05) is 6.54 Å².